The highest BCUT2D eigenvalue weighted by molar-refractivity contribution is 5.99. The van der Waals surface area contributed by atoms with Crippen molar-refractivity contribution in [1.82, 2.24) is 20.2 Å². The van der Waals surface area contributed by atoms with Gasteiger partial charge in [0.25, 0.3) is 0 Å². The topological polar surface area (TPSA) is 79.1 Å². The van der Waals surface area contributed by atoms with Gasteiger partial charge in [0, 0.05) is 0 Å². The number of nitrogens with zero attached hydrogens (tertiary/aromatic N) is 4. The van der Waals surface area contributed by atoms with Crippen LogP contribution in [0.15, 0.2) is 67.0 Å². The Morgan fingerprint density at radius 2 is 1.78 bits per heavy atom. The first kappa shape index (κ1) is 16.7. The molecule has 0 saturated carbocycles. The van der Waals surface area contributed by atoms with Crippen molar-refractivity contribution in [1.29, 1.82) is 0 Å². The van der Waals surface area contributed by atoms with Crippen molar-refractivity contribution in [2.24, 2.45) is 0 Å². The first-order valence-electron chi connectivity index (χ1n) is 8.46. The van der Waals surface area contributed by atoms with Crippen molar-refractivity contribution in [2.45, 2.75) is 6.92 Å². The zero-order chi connectivity index (χ0) is 18.6. The van der Waals surface area contributed by atoms with Crippen LogP contribution in [0.3, 0.4) is 0 Å². The van der Waals surface area contributed by atoms with Crippen molar-refractivity contribution >= 4 is 16.7 Å². The van der Waals surface area contributed by atoms with Crippen LogP contribution in [0.5, 0.6) is 11.5 Å². The van der Waals surface area contributed by atoms with E-state index in [0.717, 1.165) is 16.5 Å². The minimum atomic E-state index is -0.473. The largest absolute Gasteiger partial charge is 0.493 e. The molecule has 0 fully saturated rings. The van der Waals surface area contributed by atoms with Crippen LogP contribution in [0, 0.1) is 0 Å². The lowest BCUT2D eigenvalue weighted by atomic mass is 10.1. The van der Waals surface area contributed by atoms with Crippen LogP contribution < -0.4 is 9.47 Å². The first-order chi connectivity index (χ1) is 13.2. The highest BCUT2D eigenvalue weighted by Gasteiger charge is 2.16. The van der Waals surface area contributed by atoms with Crippen LogP contribution in [0.2, 0.25) is 0 Å². The molecule has 0 aliphatic carbocycles. The zero-order valence-corrected chi connectivity index (χ0v) is 14.6. The van der Waals surface area contributed by atoms with Gasteiger partial charge >= 0.3 is 5.97 Å². The molecule has 4 aromatic rings. The van der Waals surface area contributed by atoms with Crippen LogP contribution in [0.25, 0.3) is 16.5 Å². The van der Waals surface area contributed by atoms with Gasteiger partial charge in [-0.05, 0) is 64.5 Å². The number of carbonyl (C=O) groups excluding carboxylic acids is 1. The van der Waals surface area contributed by atoms with Gasteiger partial charge in [-0.25, -0.2) is 9.48 Å². The molecule has 1 heterocycles. The van der Waals surface area contributed by atoms with Gasteiger partial charge in [0.1, 0.15) is 23.4 Å². The molecule has 7 nitrogen and oxygen atoms in total. The summed E-state index contributed by atoms with van der Waals surface area (Å²) in [6.45, 7) is 2.33. The summed E-state index contributed by atoms with van der Waals surface area (Å²) in [7, 11) is 0. The Morgan fingerprint density at radius 1 is 1.04 bits per heavy atom. The summed E-state index contributed by atoms with van der Waals surface area (Å²) in [5.74, 6) is 0.457. The zero-order valence-electron chi connectivity index (χ0n) is 14.6. The standard InChI is InChI=1S/C20H16N4O3/c1-2-26-19-12-15-6-4-3-5-14(15)11-18(19)20(25)27-17-9-7-16(8-10-17)24-13-21-22-23-24/h3-13H,2H2,1H3. The van der Waals surface area contributed by atoms with E-state index >= 15 is 0 Å². The molecule has 7 heteroatoms. The van der Waals surface area contributed by atoms with E-state index < -0.39 is 5.97 Å². The Morgan fingerprint density at radius 3 is 2.44 bits per heavy atom. The Balaban J connectivity index is 1.61. The summed E-state index contributed by atoms with van der Waals surface area (Å²) in [6, 6.07) is 18.4. The molecule has 0 spiro atoms. The molecule has 0 aliphatic rings. The normalized spacial score (nSPS) is 10.7. The van der Waals surface area contributed by atoms with Crippen molar-refractivity contribution in [3.63, 3.8) is 0 Å². The predicted octanol–water partition coefficient (Wildman–Crippen LogP) is 3.43. The van der Waals surface area contributed by atoms with Crippen molar-refractivity contribution in [3.8, 4) is 17.2 Å². The Kier molecular flexibility index (Phi) is 4.49. The smallest absolute Gasteiger partial charge is 0.347 e. The maximum atomic E-state index is 12.7. The quantitative estimate of drug-likeness (QED) is 0.401. The fourth-order valence-corrected chi connectivity index (χ4v) is 2.76. The number of rotatable bonds is 5. The third-order valence-corrected chi connectivity index (χ3v) is 4.03. The molecule has 0 N–H and O–H groups in total. The monoisotopic (exact) mass is 360 g/mol. The molecule has 27 heavy (non-hydrogen) atoms. The van der Waals surface area contributed by atoms with E-state index in [1.807, 2.05) is 37.3 Å². The fraction of sp³-hybridized carbons (Fsp3) is 0.100. The Bertz CT molecular complexity index is 1080. The van der Waals surface area contributed by atoms with E-state index in [4.69, 9.17) is 9.47 Å². The van der Waals surface area contributed by atoms with Gasteiger partial charge in [0.15, 0.2) is 0 Å². The molecule has 134 valence electrons. The van der Waals surface area contributed by atoms with Gasteiger partial charge in [-0.3, -0.25) is 0 Å². The van der Waals surface area contributed by atoms with Gasteiger partial charge in [-0.1, -0.05) is 24.3 Å². The number of hydrogen-bond donors (Lipinski definition) is 0. The summed E-state index contributed by atoms with van der Waals surface area (Å²) in [6.07, 6.45) is 1.49. The highest BCUT2D eigenvalue weighted by Crippen LogP contribution is 2.27. The molecule has 0 atom stereocenters. The van der Waals surface area contributed by atoms with Crippen LogP contribution in [-0.2, 0) is 0 Å². The van der Waals surface area contributed by atoms with E-state index in [1.165, 1.54) is 11.0 Å². The second-order valence-electron chi connectivity index (χ2n) is 5.77. The second kappa shape index (κ2) is 7.25. The average Bonchev–Trinajstić information content (AvgIpc) is 3.23. The van der Waals surface area contributed by atoms with Crippen molar-refractivity contribution in [2.75, 3.05) is 6.61 Å². The molecule has 0 bridgehead atoms. The summed E-state index contributed by atoms with van der Waals surface area (Å²) >= 11 is 0. The van der Waals surface area contributed by atoms with E-state index in [9.17, 15) is 4.79 Å². The minimum Gasteiger partial charge on any atom is -0.493 e. The number of hydrogen-bond acceptors (Lipinski definition) is 6. The van der Waals surface area contributed by atoms with Gasteiger partial charge in [0.2, 0.25) is 0 Å². The molecule has 4 rings (SSSR count). The number of benzene rings is 3. The van der Waals surface area contributed by atoms with E-state index in [0.29, 0.717) is 23.7 Å². The van der Waals surface area contributed by atoms with E-state index in [-0.39, 0.29) is 0 Å². The number of ether oxygens (including phenoxy) is 2. The molecule has 3 aromatic carbocycles. The van der Waals surface area contributed by atoms with Crippen molar-refractivity contribution < 1.29 is 14.3 Å². The lowest BCUT2D eigenvalue weighted by molar-refractivity contribution is 0.0730. The number of tetrazole rings is 1. The molecular formula is C20H16N4O3. The van der Waals surface area contributed by atoms with Crippen LogP contribution in [-0.4, -0.2) is 32.8 Å². The van der Waals surface area contributed by atoms with Crippen LogP contribution in [0.4, 0.5) is 0 Å². The summed E-state index contributed by atoms with van der Waals surface area (Å²) in [5, 5.41) is 13.0. The molecular weight excluding hydrogens is 344 g/mol. The lowest BCUT2D eigenvalue weighted by Gasteiger charge is -2.12. The number of carbonyl (C=O) groups is 1. The third-order valence-electron chi connectivity index (χ3n) is 4.03. The summed E-state index contributed by atoms with van der Waals surface area (Å²) in [5.41, 5.74) is 1.15. The molecule has 0 unspecified atom stereocenters. The number of esters is 1. The third kappa shape index (κ3) is 3.48. The predicted molar refractivity (Wildman–Crippen MR) is 99.2 cm³/mol. The van der Waals surface area contributed by atoms with Gasteiger partial charge < -0.3 is 9.47 Å². The van der Waals surface area contributed by atoms with Crippen molar-refractivity contribution in [3.05, 3.63) is 72.6 Å². The molecule has 0 amide bonds. The van der Waals surface area contributed by atoms with E-state index in [2.05, 4.69) is 15.5 Å². The van der Waals surface area contributed by atoms with Gasteiger partial charge in [-0.15, -0.1) is 5.10 Å². The maximum absolute atomic E-state index is 12.7. The first-order valence-corrected chi connectivity index (χ1v) is 8.46. The lowest BCUT2D eigenvalue weighted by Crippen LogP contribution is -2.11. The highest BCUT2D eigenvalue weighted by atomic mass is 16.5. The average molecular weight is 360 g/mol. The van der Waals surface area contributed by atoms with Crippen LogP contribution >= 0.6 is 0 Å². The number of fused-ring (bicyclic) bond motifs is 1. The molecule has 0 aliphatic heterocycles. The summed E-state index contributed by atoms with van der Waals surface area (Å²) in [4.78, 5) is 12.7. The number of aromatic nitrogens is 4. The van der Waals surface area contributed by atoms with E-state index in [1.54, 1.807) is 30.3 Å². The Labute approximate surface area is 155 Å². The maximum Gasteiger partial charge on any atom is 0.347 e. The second-order valence-corrected chi connectivity index (χ2v) is 5.77. The van der Waals surface area contributed by atoms with Crippen LogP contribution in [0.1, 0.15) is 17.3 Å². The molecule has 1 aromatic heterocycles. The van der Waals surface area contributed by atoms with Gasteiger partial charge in [-0.2, -0.15) is 0 Å². The summed E-state index contributed by atoms with van der Waals surface area (Å²) < 4.78 is 12.7. The molecule has 0 radical (unpaired) electrons. The SMILES string of the molecule is CCOc1cc2ccccc2cc1C(=O)Oc1ccc(-n2cnnn2)cc1. The minimum absolute atomic E-state index is 0.389. The fourth-order valence-electron chi connectivity index (χ4n) is 2.76. The Hall–Kier alpha value is -3.74. The van der Waals surface area contributed by atoms with Gasteiger partial charge in [0.05, 0.1) is 12.3 Å². The molecule has 0 saturated heterocycles.